The van der Waals surface area contributed by atoms with Crippen LogP contribution in [0.1, 0.15) is 72.6 Å². The van der Waals surface area contributed by atoms with Crippen molar-refractivity contribution < 1.29 is 0 Å². The van der Waals surface area contributed by atoms with Gasteiger partial charge in [-0.05, 0) is 32.3 Å². The van der Waals surface area contributed by atoms with Gasteiger partial charge in [0.15, 0.2) is 0 Å². The lowest BCUT2D eigenvalue weighted by molar-refractivity contribution is 0.407. The van der Waals surface area contributed by atoms with Crippen LogP contribution in [-0.4, -0.2) is 14.5 Å². The molecule has 0 aromatic carbocycles. The minimum atomic E-state index is 0.0227. The van der Waals surface area contributed by atoms with Crippen LogP contribution in [0.15, 0.2) is 12.5 Å². The molecule has 0 atom stereocenters. The van der Waals surface area contributed by atoms with Crippen molar-refractivity contribution in [3.63, 3.8) is 0 Å². The third-order valence-corrected chi connectivity index (χ3v) is 3.67. The second kappa shape index (κ2) is 4.57. The highest BCUT2D eigenvalue weighted by atomic mass is 15.1. The molecule has 0 aliphatic rings. The van der Waals surface area contributed by atoms with Crippen LogP contribution in [0.5, 0.6) is 0 Å². The fraction of sp³-hybridized carbons (Fsp3) is 0.647. The summed E-state index contributed by atoms with van der Waals surface area (Å²) in [6.07, 6.45) is 3.97. The van der Waals surface area contributed by atoms with Crippen LogP contribution in [-0.2, 0) is 11.0 Å². The summed E-state index contributed by atoms with van der Waals surface area (Å²) in [4.78, 5) is 9.17. The Hall–Kier alpha value is -1.38. The molecule has 0 amide bonds. The van der Waals surface area contributed by atoms with E-state index in [-0.39, 0.29) is 11.0 Å². The van der Waals surface area contributed by atoms with E-state index < -0.39 is 0 Å². The third kappa shape index (κ3) is 2.46. The van der Waals surface area contributed by atoms with Gasteiger partial charge in [0.25, 0.3) is 0 Å². The molecule has 2 aromatic heterocycles. The Morgan fingerprint density at radius 2 is 1.60 bits per heavy atom. The van der Waals surface area contributed by atoms with Crippen molar-refractivity contribution in [2.45, 2.75) is 72.3 Å². The molecular formula is C17H27N3. The van der Waals surface area contributed by atoms with Gasteiger partial charge in [-0.1, -0.05) is 34.6 Å². The Morgan fingerprint density at radius 3 is 2.05 bits per heavy atom. The van der Waals surface area contributed by atoms with Gasteiger partial charge in [0, 0.05) is 22.5 Å². The van der Waals surface area contributed by atoms with Crippen LogP contribution < -0.4 is 0 Å². The van der Waals surface area contributed by atoms with Crippen LogP contribution in [0.4, 0.5) is 0 Å². The summed E-state index contributed by atoms with van der Waals surface area (Å²) in [6.45, 7) is 17.8. The van der Waals surface area contributed by atoms with E-state index in [1.165, 1.54) is 10.9 Å². The van der Waals surface area contributed by atoms with E-state index in [1.54, 1.807) is 6.33 Å². The van der Waals surface area contributed by atoms with Crippen molar-refractivity contribution in [3.05, 3.63) is 23.8 Å². The lowest BCUT2D eigenvalue weighted by Crippen LogP contribution is -2.21. The summed E-state index contributed by atoms with van der Waals surface area (Å²) in [7, 11) is 0. The molecule has 0 spiro atoms. The smallest absolute Gasteiger partial charge is 0.144 e. The number of nitrogens with zero attached hydrogens (tertiary/aromatic N) is 3. The topological polar surface area (TPSA) is 30.7 Å². The molecule has 0 saturated carbocycles. The second-order valence-electron chi connectivity index (χ2n) is 7.95. The number of aromatic nitrogens is 3. The summed E-state index contributed by atoms with van der Waals surface area (Å²) < 4.78 is 2.29. The minimum Gasteiger partial charge on any atom is -0.327 e. The van der Waals surface area contributed by atoms with E-state index in [9.17, 15) is 0 Å². The van der Waals surface area contributed by atoms with Gasteiger partial charge in [0.1, 0.15) is 12.0 Å². The van der Waals surface area contributed by atoms with Gasteiger partial charge in [-0.3, -0.25) is 0 Å². The third-order valence-electron chi connectivity index (χ3n) is 3.67. The molecule has 2 rings (SSSR count). The van der Waals surface area contributed by atoms with E-state index in [2.05, 4.69) is 76.1 Å². The molecule has 20 heavy (non-hydrogen) atoms. The van der Waals surface area contributed by atoms with Crippen molar-refractivity contribution in [2.24, 2.45) is 0 Å². The maximum atomic E-state index is 4.59. The molecule has 0 unspecified atom stereocenters. The van der Waals surface area contributed by atoms with Crippen LogP contribution in [0.2, 0.25) is 0 Å². The second-order valence-corrected chi connectivity index (χ2v) is 7.95. The van der Waals surface area contributed by atoms with E-state index in [0.717, 1.165) is 11.3 Å². The highest BCUT2D eigenvalue weighted by Crippen LogP contribution is 2.36. The first-order valence-electron chi connectivity index (χ1n) is 7.40. The summed E-state index contributed by atoms with van der Waals surface area (Å²) in [5.41, 5.74) is 3.60. The SMILES string of the molecule is CC(C)c1cn(C(C)(C)C)c2ncnc(C(C)(C)C)c12. The highest BCUT2D eigenvalue weighted by molar-refractivity contribution is 5.84. The van der Waals surface area contributed by atoms with Gasteiger partial charge in [-0.25, -0.2) is 9.97 Å². The number of hydrogen-bond donors (Lipinski definition) is 0. The predicted molar refractivity (Wildman–Crippen MR) is 85.3 cm³/mol. The quantitative estimate of drug-likeness (QED) is 0.759. The molecule has 0 aliphatic heterocycles. The number of fused-ring (bicyclic) bond motifs is 1. The zero-order valence-electron chi connectivity index (χ0n) is 14.1. The first-order valence-corrected chi connectivity index (χ1v) is 7.40. The summed E-state index contributed by atoms with van der Waals surface area (Å²) >= 11 is 0. The molecule has 0 bridgehead atoms. The van der Waals surface area contributed by atoms with Crippen molar-refractivity contribution >= 4 is 11.0 Å². The maximum absolute atomic E-state index is 4.59. The molecule has 0 saturated heterocycles. The van der Waals surface area contributed by atoms with Gasteiger partial charge in [0.05, 0.1) is 5.69 Å². The average molecular weight is 273 g/mol. The van der Waals surface area contributed by atoms with Gasteiger partial charge in [-0.15, -0.1) is 0 Å². The molecule has 110 valence electrons. The molecule has 2 aromatic rings. The van der Waals surface area contributed by atoms with Crippen molar-refractivity contribution in [1.82, 2.24) is 14.5 Å². The summed E-state index contributed by atoms with van der Waals surface area (Å²) in [5, 5.41) is 1.24. The monoisotopic (exact) mass is 273 g/mol. The van der Waals surface area contributed by atoms with Crippen molar-refractivity contribution in [1.29, 1.82) is 0 Å². The first kappa shape index (κ1) is 15.0. The van der Waals surface area contributed by atoms with Crippen LogP contribution in [0.3, 0.4) is 0 Å². The van der Waals surface area contributed by atoms with Gasteiger partial charge >= 0.3 is 0 Å². The minimum absolute atomic E-state index is 0.0227. The Morgan fingerprint density at radius 1 is 1.00 bits per heavy atom. The number of hydrogen-bond acceptors (Lipinski definition) is 2. The Labute approximate surface area is 122 Å². The molecule has 0 aliphatic carbocycles. The Bertz CT molecular complexity index is 622. The average Bonchev–Trinajstić information content (AvgIpc) is 2.65. The van der Waals surface area contributed by atoms with E-state index >= 15 is 0 Å². The predicted octanol–water partition coefficient (Wildman–Crippen LogP) is 4.61. The zero-order chi connectivity index (χ0) is 15.3. The van der Waals surface area contributed by atoms with Gasteiger partial charge < -0.3 is 4.57 Å². The molecule has 3 heteroatoms. The maximum Gasteiger partial charge on any atom is 0.144 e. The van der Waals surface area contributed by atoms with Crippen molar-refractivity contribution in [3.8, 4) is 0 Å². The largest absolute Gasteiger partial charge is 0.327 e. The van der Waals surface area contributed by atoms with Crippen LogP contribution >= 0.6 is 0 Å². The Kier molecular flexibility index (Phi) is 3.43. The fourth-order valence-electron chi connectivity index (χ4n) is 2.61. The van der Waals surface area contributed by atoms with E-state index in [4.69, 9.17) is 0 Å². The van der Waals surface area contributed by atoms with Gasteiger partial charge in [0.2, 0.25) is 0 Å². The molecular weight excluding hydrogens is 246 g/mol. The molecule has 2 heterocycles. The summed E-state index contributed by atoms with van der Waals surface area (Å²) in [5.74, 6) is 0.466. The lowest BCUT2D eigenvalue weighted by atomic mass is 9.87. The molecule has 0 radical (unpaired) electrons. The Balaban J connectivity index is 2.91. The first-order chi connectivity index (χ1) is 9.03. The van der Waals surface area contributed by atoms with Crippen LogP contribution in [0, 0.1) is 0 Å². The standard InChI is InChI=1S/C17H27N3/c1-11(2)12-9-20(17(6,7)8)15-13(12)14(16(3,4)5)18-10-19-15/h9-11H,1-8H3. The normalized spacial score (nSPS) is 13.4. The molecule has 0 N–H and O–H groups in total. The number of rotatable bonds is 1. The molecule has 0 fully saturated rings. The van der Waals surface area contributed by atoms with Crippen LogP contribution in [0.25, 0.3) is 11.0 Å². The molecule has 3 nitrogen and oxygen atoms in total. The van der Waals surface area contributed by atoms with Crippen molar-refractivity contribution in [2.75, 3.05) is 0 Å². The van der Waals surface area contributed by atoms with E-state index in [0.29, 0.717) is 5.92 Å². The van der Waals surface area contributed by atoms with Gasteiger partial charge in [-0.2, -0.15) is 0 Å². The lowest BCUT2D eigenvalue weighted by Gasteiger charge is -2.23. The van der Waals surface area contributed by atoms with E-state index in [1.807, 2.05) is 0 Å². The zero-order valence-corrected chi connectivity index (χ0v) is 14.1. The fourth-order valence-corrected chi connectivity index (χ4v) is 2.61. The summed E-state index contributed by atoms with van der Waals surface area (Å²) in [6, 6.07) is 0. The highest BCUT2D eigenvalue weighted by Gasteiger charge is 2.27.